The Hall–Kier alpha value is -1.86. The van der Waals surface area contributed by atoms with Gasteiger partial charge in [0, 0.05) is 24.2 Å². The molecule has 0 amide bonds. The molecule has 2 heterocycles. The lowest BCUT2D eigenvalue weighted by molar-refractivity contribution is 0.408. The van der Waals surface area contributed by atoms with E-state index in [0.717, 1.165) is 12.8 Å². The number of benzene rings is 1. The predicted molar refractivity (Wildman–Crippen MR) is 78.8 cm³/mol. The number of H-pyrrole nitrogens is 1. The normalized spacial score (nSPS) is 20.1. The summed E-state index contributed by atoms with van der Waals surface area (Å²) in [6.07, 6.45) is 2.88. The SMILES string of the molecule is C[C@@H]1CCCN1S(=O)(=O)c1ccc2c(O)c[nH]c(=O)c2c1. The van der Waals surface area contributed by atoms with Crippen LogP contribution < -0.4 is 5.56 Å². The number of hydrogen-bond donors (Lipinski definition) is 2. The maximum Gasteiger partial charge on any atom is 0.256 e. The van der Waals surface area contributed by atoms with Gasteiger partial charge in [-0.2, -0.15) is 4.31 Å². The summed E-state index contributed by atoms with van der Waals surface area (Å²) in [7, 11) is -3.61. The van der Waals surface area contributed by atoms with Crippen LogP contribution in [0.1, 0.15) is 19.8 Å². The molecule has 0 aliphatic carbocycles. The highest BCUT2D eigenvalue weighted by atomic mass is 32.2. The summed E-state index contributed by atoms with van der Waals surface area (Å²) < 4.78 is 26.7. The molecule has 0 saturated carbocycles. The lowest BCUT2D eigenvalue weighted by Crippen LogP contribution is -2.33. The maximum atomic E-state index is 12.6. The maximum absolute atomic E-state index is 12.6. The van der Waals surface area contributed by atoms with Crippen LogP contribution in [0, 0.1) is 0 Å². The van der Waals surface area contributed by atoms with Crippen molar-refractivity contribution in [1.82, 2.24) is 9.29 Å². The number of sulfonamides is 1. The Morgan fingerprint density at radius 2 is 2.10 bits per heavy atom. The molecule has 7 heteroatoms. The minimum absolute atomic E-state index is 0.0341. The fourth-order valence-corrected chi connectivity index (χ4v) is 4.51. The second kappa shape index (κ2) is 4.85. The molecule has 1 fully saturated rings. The summed E-state index contributed by atoms with van der Waals surface area (Å²) in [5.74, 6) is -0.0805. The fraction of sp³-hybridized carbons (Fsp3) is 0.357. The Bertz CT molecular complexity index is 857. The number of fused-ring (bicyclic) bond motifs is 1. The van der Waals surface area contributed by atoms with E-state index in [9.17, 15) is 18.3 Å². The van der Waals surface area contributed by atoms with Crippen LogP contribution in [0.3, 0.4) is 0 Å². The summed E-state index contributed by atoms with van der Waals surface area (Å²) >= 11 is 0. The zero-order chi connectivity index (χ0) is 15.2. The third kappa shape index (κ3) is 2.22. The van der Waals surface area contributed by atoms with E-state index < -0.39 is 15.6 Å². The van der Waals surface area contributed by atoms with Gasteiger partial charge in [-0.3, -0.25) is 4.79 Å². The molecule has 3 rings (SSSR count). The van der Waals surface area contributed by atoms with Crippen molar-refractivity contribution in [3.05, 3.63) is 34.7 Å². The number of rotatable bonds is 2. The number of pyridine rings is 1. The fourth-order valence-electron chi connectivity index (χ4n) is 2.78. The van der Waals surface area contributed by atoms with Gasteiger partial charge in [-0.15, -0.1) is 0 Å². The predicted octanol–water partition coefficient (Wildman–Crippen LogP) is 1.41. The van der Waals surface area contributed by atoms with Crippen molar-refractivity contribution in [3.8, 4) is 5.75 Å². The highest BCUT2D eigenvalue weighted by Crippen LogP contribution is 2.28. The molecule has 2 N–H and O–H groups in total. The quantitative estimate of drug-likeness (QED) is 0.877. The molecule has 1 saturated heterocycles. The van der Waals surface area contributed by atoms with Crippen molar-refractivity contribution in [1.29, 1.82) is 0 Å². The van der Waals surface area contributed by atoms with Crippen molar-refractivity contribution < 1.29 is 13.5 Å². The summed E-state index contributed by atoms with van der Waals surface area (Å²) in [5, 5.41) is 10.2. The molecule has 21 heavy (non-hydrogen) atoms. The molecular formula is C14H16N2O4S. The first-order valence-corrected chi connectivity index (χ1v) is 8.21. The van der Waals surface area contributed by atoms with Crippen LogP contribution in [-0.2, 0) is 10.0 Å². The number of nitrogens with zero attached hydrogens (tertiary/aromatic N) is 1. The zero-order valence-corrected chi connectivity index (χ0v) is 12.4. The van der Waals surface area contributed by atoms with Gasteiger partial charge in [0.2, 0.25) is 10.0 Å². The van der Waals surface area contributed by atoms with Gasteiger partial charge in [-0.05, 0) is 38.0 Å². The van der Waals surface area contributed by atoms with Crippen molar-refractivity contribution >= 4 is 20.8 Å². The van der Waals surface area contributed by atoms with Crippen molar-refractivity contribution in [3.63, 3.8) is 0 Å². The summed E-state index contributed by atoms with van der Waals surface area (Å²) in [4.78, 5) is 14.3. The second-order valence-corrected chi connectivity index (χ2v) is 7.21. The van der Waals surface area contributed by atoms with Gasteiger partial charge in [-0.25, -0.2) is 8.42 Å². The van der Waals surface area contributed by atoms with E-state index in [2.05, 4.69) is 4.98 Å². The molecule has 0 radical (unpaired) electrons. The summed E-state index contributed by atoms with van der Waals surface area (Å²) in [6, 6.07) is 4.19. The minimum Gasteiger partial charge on any atom is -0.506 e. The third-order valence-electron chi connectivity index (χ3n) is 3.95. The molecule has 112 valence electrons. The van der Waals surface area contributed by atoms with Crippen LogP contribution in [0.4, 0.5) is 0 Å². The van der Waals surface area contributed by atoms with Gasteiger partial charge in [0.25, 0.3) is 5.56 Å². The van der Waals surface area contributed by atoms with Gasteiger partial charge in [0.05, 0.1) is 10.3 Å². The molecule has 1 atom stereocenters. The Morgan fingerprint density at radius 1 is 1.33 bits per heavy atom. The highest BCUT2D eigenvalue weighted by Gasteiger charge is 2.32. The van der Waals surface area contributed by atoms with Crippen LogP contribution in [0.25, 0.3) is 10.8 Å². The molecule has 1 aliphatic heterocycles. The monoisotopic (exact) mass is 308 g/mol. The average molecular weight is 308 g/mol. The molecular weight excluding hydrogens is 292 g/mol. The zero-order valence-electron chi connectivity index (χ0n) is 11.5. The smallest absolute Gasteiger partial charge is 0.256 e. The molecule has 1 aromatic carbocycles. The molecule has 1 aromatic heterocycles. The summed E-state index contributed by atoms with van der Waals surface area (Å²) in [6.45, 7) is 2.38. The average Bonchev–Trinajstić information content (AvgIpc) is 2.89. The van der Waals surface area contributed by atoms with Crippen molar-refractivity contribution in [2.75, 3.05) is 6.54 Å². The Kier molecular flexibility index (Phi) is 3.26. The minimum atomic E-state index is -3.61. The molecule has 6 nitrogen and oxygen atoms in total. The van der Waals surface area contributed by atoms with Crippen molar-refractivity contribution in [2.45, 2.75) is 30.7 Å². The molecule has 1 aliphatic rings. The molecule has 0 unspecified atom stereocenters. The van der Waals surface area contributed by atoms with Gasteiger partial charge in [0.15, 0.2) is 0 Å². The van der Waals surface area contributed by atoms with E-state index in [1.54, 1.807) is 0 Å². The van der Waals surface area contributed by atoms with Gasteiger partial charge in [-0.1, -0.05) is 0 Å². The van der Waals surface area contributed by atoms with Crippen LogP contribution in [0.2, 0.25) is 0 Å². The van der Waals surface area contributed by atoms with E-state index in [4.69, 9.17) is 0 Å². The Morgan fingerprint density at radius 3 is 2.76 bits per heavy atom. The van der Waals surface area contributed by atoms with E-state index >= 15 is 0 Å². The lowest BCUT2D eigenvalue weighted by atomic mass is 10.1. The van der Waals surface area contributed by atoms with E-state index in [-0.39, 0.29) is 22.1 Å². The van der Waals surface area contributed by atoms with Crippen LogP contribution in [0.5, 0.6) is 5.75 Å². The molecule has 2 aromatic rings. The largest absolute Gasteiger partial charge is 0.506 e. The molecule has 0 spiro atoms. The first-order valence-electron chi connectivity index (χ1n) is 6.77. The number of hydrogen-bond acceptors (Lipinski definition) is 4. The van der Waals surface area contributed by atoms with E-state index in [1.807, 2.05) is 6.92 Å². The topological polar surface area (TPSA) is 90.5 Å². The first-order chi connectivity index (χ1) is 9.91. The van der Waals surface area contributed by atoms with Crippen LogP contribution >= 0.6 is 0 Å². The molecule has 0 bridgehead atoms. The van der Waals surface area contributed by atoms with Gasteiger partial charge >= 0.3 is 0 Å². The Balaban J connectivity index is 2.18. The second-order valence-electron chi connectivity index (χ2n) is 5.32. The summed E-state index contributed by atoms with van der Waals surface area (Å²) in [5.41, 5.74) is -0.422. The van der Waals surface area contributed by atoms with Gasteiger partial charge in [0.1, 0.15) is 5.75 Å². The lowest BCUT2D eigenvalue weighted by Gasteiger charge is -2.21. The van der Waals surface area contributed by atoms with E-state index in [0.29, 0.717) is 11.9 Å². The number of aromatic hydroxyl groups is 1. The third-order valence-corrected chi connectivity index (χ3v) is 5.96. The Labute approximate surface area is 122 Å². The highest BCUT2D eigenvalue weighted by molar-refractivity contribution is 7.89. The van der Waals surface area contributed by atoms with E-state index in [1.165, 1.54) is 28.7 Å². The standard InChI is InChI=1S/C14H16N2O4S/c1-9-3-2-6-16(9)21(19,20)10-4-5-11-12(7-10)14(18)15-8-13(11)17/h4-5,7-9,17H,2-3,6H2,1H3,(H,15,18)/t9-/m1/s1. The van der Waals surface area contributed by atoms with Crippen LogP contribution in [-0.4, -0.2) is 35.4 Å². The number of nitrogens with one attached hydrogen (secondary N) is 1. The number of aromatic amines is 1. The number of aromatic nitrogens is 1. The van der Waals surface area contributed by atoms with Gasteiger partial charge < -0.3 is 10.1 Å². The van der Waals surface area contributed by atoms with Crippen LogP contribution in [0.15, 0.2) is 34.1 Å². The first kappa shape index (κ1) is 14.1. The van der Waals surface area contributed by atoms with Crippen molar-refractivity contribution in [2.24, 2.45) is 0 Å².